The first kappa shape index (κ1) is 21.8. The summed E-state index contributed by atoms with van der Waals surface area (Å²) >= 11 is 0. The van der Waals surface area contributed by atoms with Gasteiger partial charge in [-0.25, -0.2) is 0 Å². The molecule has 0 bridgehead atoms. The number of nitrogens with one attached hydrogen (secondary N) is 2. The van der Waals surface area contributed by atoms with E-state index in [1.165, 1.54) is 0 Å². The van der Waals surface area contributed by atoms with Crippen LogP contribution in [0.2, 0.25) is 0 Å². The zero-order valence-corrected chi connectivity index (χ0v) is 16.0. The van der Waals surface area contributed by atoms with Crippen LogP contribution in [0.4, 0.5) is 0 Å². The standard InChI is InChI=1S/C19H23N2O6P/c22-18(23)10-11-20-19(24)17(21-13-28(25,26)27)12-14-6-8-16(9-7-14)15-4-2-1-3-5-15/h1-9,17,21H,10-13H2,(H,20,24)(H,22,23)(H2,25,26,27). The Bertz CT molecular complexity index is 835. The largest absolute Gasteiger partial charge is 0.481 e. The number of carboxylic acid groups (broad SMARTS) is 1. The minimum Gasteiger partial charge on any atom is -0.481 e. The van der Waals surface area contributed by atoms with Gasteiger partial charge in [0.25, 0.3) is 0 Å². The van der Waals surface area contributed by atoms with Crippen LogP contribution in [-0.2, 0) is 20.6 Å². The van der Waals surface area contributed by atoms with Crippen LogP contribution in [-0.4, -0.2) is 45.6 Å². The molecule has 0 aliphatic carbocycles. The van der Waals surface area contributed by atoms with Gasteiger partial charge in [0.15, 0.2) is 0 Å². The number of amides is 1. The second kappa shape index (κ2) is 10.1. The fourth-order valence-corrected chi connectivity index (χ4v) is 3.06. The van der Waals surface area contributed by atoms with E-state index in [1.807, 2.05) is 54.6 Å². The van der Waals surface area contributed by atoms with Gasteiger partial charge in [-0.15, -0.1) is 0 Å². The molecule has 8 nitrogen and oxygen atoms in total. The van der Waals surface area contributed by atoms with Crippen molar-refractivity contribution in [3.05, 3.63) is 60.2 Å². The predicted octanol–water partition coefficient (Wildman–Crippen LogP) is 1.58. The summed E-state index contributed by atoms with van der Waals surface area (Å²) in [6, 6.07) is 16.4. The van der Waals surface area contributed by atoms with Gasteiger partial charge in [-0.2, -0.15) is 0 Å². The number of carbonyl (C=O) groups excluding carboxylic acids is 1. The third-order valence-corrected chi connectivity index (χ3v) is 4.59. The molecule has 0 spiro atoms. The lowest BCUT2D eigenvalue weighted by molar-refractivity contribution is -0.137. The van der Waals surface area contributed by atoms with Crippen molar-refractivity contribution in [1.82, 2.24) is 10.6 Å². The summed E-state index contributed by atoms with van der Waals surface area (Å²) < 4.78 is 11.1. The lowest BCUT2D eigenvalue weighted by Gasteiger charge is -2.19. The van der Waals surface area contributed by atoms with Crippen molar-refractivity contribution < 1.29 is 29.0 Å². The lowest BCUT2D eigenvalue weighted by atomic mass is 10.0. The van der Waals surface area contributed by atoms with Gasteiger partial charge in [-0.1, -0.05) is 54.6 Å². The van der Waals surface area contributed by atoms with Crippen LogP contribution in [0.3, 0.4) is 0 Å². The summed E-state index contributed by atoms with van der Waals surface area (Å²) in [5, 5.41) is 13.7. The fraction of sp³-hybridized carbons (Fsp3) is 0.263. The van der Waals surface area contributed by atoms with Crippen molar-refractivity contribution in [2.45, 2.75) is 18.9 Å². The number of aliphatic carboxylic acids is 1. The first-order valence-electron chi connectivity index (χ1n) is 8.66. The monoisotopic (exact) mass is 406 g/mol. The molecule has 5 N–H and O–H groups in total. The highest BCUT2D eigenvalue weighted by Gasteiger charge is 2.22. The van der Waals surface area contributed by atoms with Crippen LogP contribution in [0.15, 0.2) is 54.6 Å². The van der Waals surface area contributed by atoms with E-state index in [-0.39, 0.29) is 19.4 Å². The maximum Gasteiger partial charge on any atom is 0.339 e. The molecule has 28 heavy (non-hydrogen) atoms. The maximum absolute atomic E-state index is 12.3. The molecule has 0 saturated heterocycles. The first-order valence-corrected chi connectivity index (χ1v) is 10.5. The molecular formula is C19H23N2O6P. The van der Waals surface area contributed by atoms with Gasteiger partial charge in [-0.3, -0.25) is 19.5 Å². The molecule has 0 heterocycles. The van der Waals surface area contributed by atoms with Crippen LogP contribution < -0.4 is 10.6 Å². The van der Waals surface area contributed by atoms with Gasteiger partial charge in [0.1, 0.15) is 0 Å². The fourth-order valence-electron chi connectivity index (χ4n) is 2.60. The van der Waals surface area contributed by atoms with Gasteiger partial charge in [-0.05, 0) is 23.1 Å². The van der Waals surface area contributed by atoms with E-state index in [0.717, 1.165) is 16.7 Å². The molecule has 1 atom stereocenters. The Morgan fingerprint density at radius 1 is 0.964 bits per heavy atom. The number of rotatable bonds is 10. The van der Waals surface area contributed by atoms with E-state index in [4.69, 9.17) is 14.9 Å². The van der Waals surface area contributed by atoms with E-state index < -0.39 is 31.8 Å². The lowest BCUT2D eigenvalue weighted by Crippen LogP contribution is -2.46. The second-order valence-electron chi connectivity index (χ2n) is 6.28. The summed E-state index contributed by atoms with van der Waals surface area (Å²) in [6.07, 6.45) is -0.678. The Hall–Kier alpha value is -2.51. The zero-order chi connectivity index (χ0) is 20.6. The quantitative estimate of drug-likeness (QED) is 0.378. The highest BCUT2D eigenvalue weighted by Crippen LogP contribution is 2.32. The molecule has 2 aromatic rings. The molecule has 1 unspecified atom stereocenters. The molecule has 1 amide bonds. The highest BCUT2D eigenvalue weighted by molar-refractivity contribution is 7.51. The average molecular weight is 406 g/mol. The zero-order valence-electron chi connectivity index (χ0n) is 15.1. The van der Waals surface area contributed by atoms with E-state index in [1.54, 1.807) is 0 Å². The molecule has 0 fully saturated rings. The van der Waals surface area contributed by atoms with Crippen molar-refractivity contribution >= 4 is 19.5 Å². The van der Waals surface area contributed by atoms with Crippen LogP contribution in [0.1, 0.15) is 12.0 Å². The Balaban J connectivity index is 2.06. The molecule has 150 valence electrons. The summed E-state index contributed by atoms with van der Waals surface area (Å²) in [5.74, 6) is -1.56. The van der Waals surface area contributed by atoms with Crippen molar-refractivity contribution in [1.29, 1.82) is 0 Å². The van der Waals surface area contributed by atoms with E-state index in [0.29, 0.717) is 0 Å². The van der Waals surface area contributed by atoms with Crippen LogP contribution in [0, 0.1) is 0 Å². The summed E-state index contributed by atoms with van der Waals surface area (Å²) in [5.41, 5.74) is 2.86. The first-order chi connectivity index (χ1) is 13.2. The number of hydrogen-bond acceptors (Lipinski definition) is 4. The molecule has 0 aromatic heterocycles. The molecular weight excluding hydrogens is 383 g/mol. The van der Waals surface area contributed by atoms with Gasteiger partial charge in [0.2, 0.25) is 5.91 Å². The molecule has 9 heteroatoms. The summed E-state index contributed by atoms with van der Waals surface area (Å²) in [4.78, 5) is 41.0. The van der Waals surface area contributed by atoms with Gasteiger partial charge < -0.3 is 20.2 Å². The third kappa shape index (κ3) is 7.62. The number of benzene rings is 2. The Morgan fingerprint density at radius 3 is 2.14 bits per heavy atom. The van der Waals surface area contributed by atoms with Crippen molar-refractivity contribution in [2.75, 3.05) is 12.8 Å². The maximum atomic E-state index is 12.3. The number of hydrogen-bond donors (Lipinski definition) is 5. The molecule has 0 saturated carbocycles. The molecule has 0 radical (unpaired) electrons. The molecule has 2 rings (SSSR count). The van der Waals surface area contributed by atoms with E-state index >= 15 is 0 Å². The predicted molar refractivity (Wildman–Crippen MR) is 105 cm³/mol. The van der Waals surface area contributed by atoms with Crippen LogP contribution in [0.25, 0.3) is 11.1 Å². The SMILES string of the molecule is O=C(O)CCNC(=O)C(Cc1ccc(-c2ccccc2)cc1)NCP(=O)(O)O. The summed E-state index contributed by atoms with van der Waals surface area (Å²) in [6.45, 7) is -0.0603. The third-order valence-electron chi connectivity index (χ3n) is 4.00. The van der Waals surface area contributed by atoms with Crippen molar-refractivity contribution in [2.24, 2.45) is 0 Å². The number of carboxylic acids is 1. The van der Waals surface area contributed by atoms with Gasteiger partial charge in [0, 0.05) is 6.54 Å². The molecule has 2 aromatic carbocycles. The van der Waals surface area contributed by atoms with Gasteiger partial charge in [0.05, 0.1) is 18.7 Å². The molecule has 0 aliphatic rings. The van der Waals surface area contributed by atoms with Crippen molar-refractivity contribution in [3.63, 3.8) is 0 Å². The van der Waals surface area contributed by atoms with E-state index in [9.17, 15) is 14.2 Å². The normalized spacial score (nSPS) is 12.4. The minimum absolute atomic E-state index is 0.0603. The van der Waals surface area contributed by atoms with Crippen LogP contribution >= 0.6 is 7.60 Å². The smallest absolute Gasteiger partial charge is 0.339 e. The topological polar surface area (TPSA) is 136 Å². The second-order valence-corrected chi connectivity index (χ2v) is 7.93. The highest BCUT2D eigenvalue weighted by atomic mass is 31.2. The van der Waals surface area contributed by atoms with E-state index in [2.05, 4.69) is 10.6 Å². The minimum atomic E-state index is -4.34. The number of carbonyl (C=O) groups is 2. The average Bonchev–Trinajstić information content (AvgIpc) is 2.65. The van der Waals surface area contributed by atoms with Crippen molar-refractivity contribution in [3.8, 4) is 11.1 Å². The Labute approximate surface area is 162 Å². The summed E-state index contributed by atoms with van der Waals surface area (Å²) in [7, 11) is -4.34. The van der Waals surface area contributed by atoms with Crippen LogP contribution in [0.5, 0.6) is 0 Å². The van der Waals surface area contributed by atoms with Gasteiger partial charge >= 0.3 is 13.6 Å². The Morgan fingerprint density at radius 2 is 1.57 bits per heavy atom. The Kier molecular flexibility index (Phi) is 7.90. The molecule has 0 aliphatic heterocycles.